The van der Waals surface area contributed by atoms with E-state index in [0.29, 0.717) is 19.3 Å². The molecule has 1 fully saturated rings. The van der Waals surface area contributed by atoms with E-state index in [1.165, 1.54) is 0 Å². The molecule has 1 aliphatic rings. The highest BCUT2D eigenvalue weighted by Gasteiger charge is 2.30. The minimum absolute atomic E-state index is 0.237. The van der Waals surface area contributed by atoms with Crippen LogP contribution in [0.5, 0.6) is 0 Å². The molecule has 20 heavy (non-hydrogen) atoms. The van der Waals surface area contributed by atoms with Gasteiger partial charge in [-0.3, -0.25) is 4.79 Å². The molecular formula is C14H27N3O3. The number of rotatable bonds is 6. The summed E-state index contributed by atoms with van der Waals surface area (Å²) in [5.74, 6) is -0.0214. The zero-order chi connectivity index (χ0) is 15.2. The molecule has 6 heteroatoms. The first-order valence-electron chi connectivity index (χ1n) is 7.38. The SMILES string of the molecule is CC(C)CC(NC(N)=O)C(=O)NCC1(O)CCCCC1. The number of carbonyl (C=O) groups excluding carboxylic acids is 2. The fourth-order valence-electron chi connectivity index (χ4n) is 2.64. The van der Waals surface area contributed by atoms with Crippen molar-refractivity contribution in [1.82, 2.24) is 10.6 Å². The highest BCUT2D eigenvalue weighted by molar-refractivity contribution is 5.86. The lowest BCUT2D eigenvalue weighted by molar-refractivity contribution is -0.124. The number of hydrogen-bond donors (Lipinski definition) is 4. The second-order valence-electron chi connectivity index (χ2n) is 6.19. The first kappa shape index (κ1) is 16.8. The van der Waals surface area contributed by atoms with Gasteiger partial charge in [-0.2, -0.15) is 0 Å². The third kappa shape index (κ3) is 5.77. The Kier molecular flexibility index (Phi) is 6.26. The van der Waals surface area contributed by atoms with Crippen LogP contribution in [0, 0.1) is 5.92 Å². The lowest BCUT2D eigenvalue weighted by Gasteiger charge is -2.32. The van der Waals surface area contributed by atoms with Crippen molar-refractivity contribution in [2.24, 2.45) is 11.7 Å². The molecule has 3 amide bonds. The van der Waals surface area contributed by atoms with Crippen molar-refractivity contribution < 1.29 is 14.7 Å². The van der Waals surface area contributed by atoms with E-state index in [0.717, 1.165) is 19.3 Å². The molecule has 0 spiro atoms. The Bertz CT molecular complexity index is 339. The molecule has 0 radical (unpaired) electrons. The molecule has 1 unspecified atom stereocenters. The summed E-state index contributed by atoms with van der Waals surface area (Å²) in [6, 6.07) is -1.35. The van der Waals surface area contributed by atoms with E-state index < -0.39 is 17.7 Å². The summed E-state index contributed by atoms with van der Waals surface area (Å²) >= 11 is 0. The first-order valence-corrected chi connectivity index (χ1v) is 7.38. The number of amides is 3. The molecule has 0 aromatic carbocycles. The fraction of sp³-hybridized carbons (Fsp3) is 0.857. The average molecular weight is 285 g/mol. The van der Waals surface area contributed by atoms with Gasteiger partial charge in [-0.05, 0) is 25.2 Å². The van der Waals surface area contributed by atoms with Gasteiger partial charge in [0, 0.05) is 6.54 Å². The molecule has 0 aromatic rings. The minimum Gasteiger partial charge on any atom is -0.388 e. The van der Waals surface area contributed by atoms with Crippen LogP contribution in [-0.2, 0) is 4.79 Å². The van der Waals surface area contributed by atoms with Gasteiger partial charge in [0.05, 0.1) is 5.60 Å². The number of urea groups is 1. The van der Waals surface area contributed by atoms with E-state index in [4.69, 9.17) is 5.73 Å². The Labute approximate surface area is 120 Å². The van der Waals surface area contributed by atoms with Crippen molar-refractivity contribution in [1.29, 1.82) is 0 Å². The topological polar surface area (TPSA) is 104 Å². The molecule has 0 heterocycles. The number of primary amides is 1. The van der Waals surface area contributed by atoms with Crippen LogP contribution in [0.15, 0.2) is 0 Å². The van der Waals surface area contributed by atoms with Gasteiger partial charge in [-0.15, -0.1) is 0 Å². The third-order valence-corrected chi connectivity index (χ3v) is 3.72. The van der Waals surface area contributed by atoms with Gasteiger partial charge in [0.15, 0.2) is 0 Å². The molecule has 1 saturated carbocycles. The fourth-order valence-corrected chi connectivity index (χ4v) is 2.64. The van der Waals surface area contributed by atoms with Crippen LogP contribution < -0.4 is 16.4 Å². The van der Waals surface area contributed by atoms with Crippen LogP contribution in [0.25, 0.3) is 0 Å². The number of hydrogen-bond acceptors (Lipinski definition) is 3. The van der Waals surface area contributed by atoms with Crippen molar-refractivity contribution in [3.63, 3.8) is 0 Å². The molecule has 6 nitrogen and oxygen atoms in total. The van der Waals surface area contributed by atoms with E-state index in [-0.39, 0.29) is 18.4 Å². The first-order chi connectivity index (χ1) is 9.32. The summed E-state index contributed by atoms with van der Waals surface area (Å²) < 4.78 is 0. The number of nitrogens with two attached hydrogens (primary N) is 1. The molecule has 5 N–H and O–H groups in total. The van der Waals surface area contributed by atoms with Gasteiger partial charge < -0.3 is 21.5 Å². The van der Waals surface area contributed by atoms with Gasteiger partial charge in [-0.1, -0.05) is 33.1 Å². The summed E-state index contributed by atoms with van der Waals surface area (Å²) in [6.07, 6.45) is 5.06. The third-order valence-electron chi connectivity index (χ3n) is 3.72. The summed E-state index contributed by atoms with van der Waals surface area (Å²) in [6.45, 7) is 4.18. The molecule has 0 aromatic heterocycles. The lowest BCUT2D eigenvalue weighted by Crippen LogP contribution is -2.52. The average Bonchev–Trinajstić information content (AvgIpc) is 2.35. The van der Waals surface area contributed by atoms with Gasteiger partial charge in [-0.25, -0.2) is 4.79 Å². The van der Waals surface area contributed by atoms with Crippen LogP contribution in [0.3, 0.4) is 0 Å². The van der Waals surface area contributed by atoms with Crippen molar-refractivity contribution in [2.45, 2.75) is 64.0 Å². The molecule has 1 atom stereocenters. The van der Waals surface area contributed by atoms with Crippen LogP contribution >= 0.6 is 0 Å². The Morgan fingerprint density at radius 1 is 1.25 bits per heavy atom. The van der Waals surface area contributed by atoms with Crippen molar-refractivity contribution in [2.75, 3.05) is 6.54 Å². The number of nitrogens with one attached hydrogen (secondary N) is 2. The predicted octanol–water partition coefficient (Wildman–Crippen LogP) is 0.881. The summed E-state index contributed by atoms with van der Waals surface area (Å²) in [5.41, 5.74) is 4.29. The summed E-state index contributed by atoms with van der Waals surface area (Å²) in [7, 11) is 0. The Balaban J connectivity index is 2.50. The standard InChI is InChI=1S/C14H27N3O3/c1-10(2)8-11(17-13(15)19)12(18)16-9-14(20)6-4-3-5-7-14/h10-11,20H,3-9H2,1-2H3,(H,16,18)(H3,15,17,19). The van der Waals surface area contributed by atoms with E-state index in [1.54, 1.807) is 0 Å². The second-order valence-corrected chi connectivity index (χ2v) is 6.19. The molecule has 1 aliphatic carbocycles. The molecular weight excluding hydrogens is 258 g/mol. The molecule has 0 saturated heterocycles. The van der Waals surface area contributed by atoms with E-state index >= 15 is 0 Å². The summed E-state index contributed by atoms with van der Waals surface area (Å²) in [5, 5.41) is 15.5. The zero-order valence-electron chi connectivity index (χ0n) is 12.4. The quantitative estimate of drug-likeness (QED) is 0.582. The maximum Gasteiger partial charge on any atom is 0.312 e. The van der Waals surface area contributed by atoms with Gasteiger partial charge in [0.1, 0.15) is 6.04 Å². The Morgan fingerprint density at radius 2 is 1.85 bits per heavy atom. The van der Waals surface area contributed by atoms with Gasteiger partial charge >= 0.3 is 6.03 Å². The van der Waals surface area contributed by atoms with Crippen molar-refractivity contribution in [3.05, 3.63) is 0 Å². The maximum absolute atomic E-state index is 12.1. The van der Waals surface area contributed by atoms with Crippen LogP contribution in [-0.4, -0.2) is 35.2 Å². The molecule has 0 aliphatic heterocycles. The highest BCUT2D eigenvalue weighted by Crippen LogP contribution is 2.27. The highest BCUT2D eigenvalue weighted by atomic mass is 16.3. The van der Waals surface area contributed by atoms with E-state index in [2.05, 4.69) is 10.6 Å². The number of carbonyl (C=O) groups is 2. The predicted molar refractivity (Wildman–Crippen MR) is 77.0 cm³/mol. The van der Waals surface area contributed by atoms with Crippen LogP contribution in [0.2, 0.25) is 0 Å². The van der Waals surface area contributed by atoms with Crippen LogP contribution in [0.4, 0.5) is 4.79 Å². The largest absolute Gasteiger partial charge is 0.388 e. The Hall–Kier alpha value is -1.30. The van der Waals surface area contributed by atoms with Crippen molar-refractivity contribution in [3.8, 4) is 0 Å². The minimum atomic E-state index is -0.803. The smallest absolute Gasteiger partial charge is 0.312 e. The molecule has 1 rings (SSSR count). The molecule has 116 valence electrons. The normalized spacial score (nSPS) is 19.4. The second kappa shape index (κ2) is 7.47. The molecule has 0 bridgehead atoms. The Morgan fingerprint density at radius 3 is 2.35 bits per heavy atom. The monoisotopic (exact) mass is 285 g/mol. The van der Waals surface area contributed by atoms with Crippen molar-refractivity contribution >= 4 is 11.9 Å². The summed E-state index contributed by atoms with van der Waals surface area (Å²) in [4.78, 5) is 23.1. The zero-order valence-corrected chi connectivity index (χ0v) is 12.4. The lowest BCUT2D eigenvalue weighted by atomic mass is 9.85. The maximum atomic E-state index is 12.1. The van der Waals surface area contributed by atoms with Gasteiger partial charge in [0.25, 0.3) is 0 Å². The van der Waals surface area contributed by atoms with Crippen LogP contribution in [0.1, 0.15) is 52.4 Å². The van der Waals surface area contributed by atoms with E-state index in [1.807, 2.05) is 13.8 Å². The van der Waals surface area contributed by atoms with Gasteiger partial charge in [0.2, 0.25) is 5.91 Å². The van der Waals surface area contributed by atoms with E-state index in [9.17, 15) is 14.7 Å². The number of aliphatic hydroxyl groups is 1.